The van der Waals surface area contributed by atoms with Crippen molar-refractivity contribution >= 4 is 17.3 Å². The smallest absolute Gasteiger partial charge is 0.253 e. The zero-order valence-corrected chi connectivity index (χ0v) is 14.0. The highest BCUT2D eigenvalue weighted by Gasteiger charge is 2.12. The molecule has 0 bridgehead atoms. The fourth-order valence-electron chi connectivity index (χ4n) is 2.56. The predicted molar refractivity (Wildman–Crippen MR) is 100 cm³/mol. The highest BCUT2D eigenvalue weighted by molar-refractivity contribution is 6.00. The van der Waals surface area contributed by atoms with Gasteiger partial charge in [-0.25, -0.2) is 0 Å². The topological polar surface area (TPSA) is 50.4 Å². The first-order valence-corrected chi connectivity index (χ1v) is 8.09. The lowest BCUT2D eigenvalue weighted by Gasteiger charge is -2.14. The van der Waals surface area contributed by atoms with E-state index >= 15 is 0 Å². The van der Waals surface area contributed by atoms with Gasteiger partial charge in [-0.1, -0.05) is 54.6 Å². The molecule has 0 spiro atoms. The van der Waals surface area contributed by atoms with Gasteiger partial charge < -0.3 is 15.4 Å². The van der Waals surface area contributed by atoms with Crippen LogP contribution in [0.25, 0.3) is 0 Å². The number of carbonyl (C=O) groups excluding carboxylic acids is 1. The number of amides is 1. The number of hydrogen-bond acceptors (Lipinski definition) is 3. The third kappa shape index (κ3) is 4.18. The maximum Gasteiger partial charge on any atom is 0.253 e. The summed E-state index contributed by atoms with van der Waals surface area (Å²) in [5.74, 6) is 0.601. The van der Waals surface area contributed by atoms with Crippen LogP contribution in [0.3, 0.4) is 0 Å². The molecule has 126 valence electrons. The Morgan fingerprint density at radius 2 is 1.48 bits per heavy atom. The van der Waals surface area contributed by atoms with Crippen molar-refractivity contribution in [3.05, 3.63) is 90.0 Å². The van der Waals surface area contributed by atoms with Crippen molar-refractivity contribution in [3.8, 4) is 5.75 Å². The Kier molecular flexibility index (Phi) is 5.32. The van der Waals surface area contributed by atoms with Gasteiger partial charge in [0.25, 0.3) is 5.91 Å². The van der Waals surface area contributed by atoms with E-state index in [9.17, 15) is 4.79 Å². The van der Waals surface area contributed by atoms with Gasteiger partial charge in [0.15, 0.2) is 0 Å². The number of hydrogen-bond donors (Lipinski definition) is 2. The maximum absolute atomic E-state index is 12.6. The monoisotopic (exact) mass is 332 g/mol. The van der Waals surface area contributed by atoms with Crippen molar-refractivity contribution in [1.29, 1.82) is 0 Å². The van der Waals surface area contributed by atoms with Crippen molar-refractivity contribution in [3.63, 3.8) is 0 Å². The molecule has 1 amide bonds. The van der Waals surface area contributed by atoms with Crippen LogP contribution in [0.2, 0.25) is 0 Å². The minimum absolute atomic E-state index is 0.123. The van der Waals surface area contributed by atoms with Gasteiger partial charge in [-0.3, -0.25) is 4.79 Å². The van der Waals surface area contributed by atoms with E-state index in [2.05, 4.69) is 10.6 Å². The average molecular weight is 332 g/mol. The summed E-state index contributed by atoms with van der Waals surface area (Å²) in [6.07, 6.45) is 0. The summed E-state index contributed by atoms with van der Waals surface area (Å²) in [5, 5.41) is 6.25. The van der Waals surface area contributed by atoms with Crippen LogP contribution >= 0.6 is 0 Å². The van der Waals surface area contributed by atoms with E-state index in [0.717, 1.165) is 22.7 Å². The molecule has 0 atom stereocenters. The lowest BCUT2D eigenvalue weighted by atomic mass is 10.1. The normalized spacial score (nSPS) is 10.1. The number of nitrogens with one attached hydrogen (secondary N) is 2. The molecule has 0 radical (unpaired) electrons. The first-order chi connectivity index (χ1) is 12.3. The molecule has 25 heavy (non-hydrogen) atoms. The van der Waals surface area contributed by atoms with Gasteiger partial charge in [-0.05, 0) is 29.8 Å². The molecule has 0 unspecified atom stereocenters. The Labute approximate surface area is 147 Å². The molecular formula is C21H20N2O2. The summed E-state index contributed by atoms with van der Waals surface area (Å²) in [4.78, 5) is 12.6. The fraction of sp³-hybridized carbons (Fsp3) is 0.0952. The Bertz CT molecular complexity index is 847. The van der Waals surface area contributed by atoms with E-state index in [1.54, 1.807) is 13.2 Å². The van der Waals surface area contributed by atoms with Gasteiger partial charge >= 0.3 is 0 Å². The Morgan fingerprint density at radius 3 is 2.24 bits per heavy atom. The van der Waals surface area contributed by atoms with Crippen LogP contribution in [0.15, 0.2) is 78.9 Å². The summed E-state index contributed by atoms with van der Waals surface area (Å²) in [6.45, 7) is 0.489. The molecule has 3 aromatic carbocycles. The fourth-order valence-corrected chi connectivity index (χ4v) is 2.56. The van der Waals surface area contributed by atoms with Crippen molar-refractivity contribution in [2.24, 2.45) is 0 Å². The first kappa shape index (κ1) is 16.6. The van der Waals surface area contributed by atoms with E-state index < -0.39 is 0 Å². The Morgan fingerprint density at radius 1 is 0.840 bits per heavy atom. The molecule has 4 nitrogen and oxygen atoms in total. The van der Waals surface area contributed by atoms with Crippen molar-refractivity contribution in [2.45, 2.75) is 6.54 Å². The summed E-state index contributed by atoms with van der Waals surface area (Å²) in [6, 6.07) is 24.9. The number of benzene rings is 3. The summed E-state index contributed by atoms with van der Waals surface area (Å²) in [7, 11) is 1.62. The van der Waals surface area contributed by atoms with Crippen LogP contribution in [-0.4, -0.2) is 13.0 Å². The zero-order chi connectivity index (χ0) is 17.5. The lowest BCUT2D eigenvalue weighted by Crippen LogP contribution is -2.23. The number of ether oxygens (including phenoxy) is 1. The van der Waals surface area contributed by atoms with Crippen molar-refractivity contribution in [2.75, 3.05) is 12.4 Å². The molecule has 0 heterocycles. The maximum atomic E-state index is 12.6. The van der Waals surface area contributed by atoms with Crippen LogP contribution < -0.4 is 15.4 Å². The molecule has 3 aromatic rings. The molecule has 0 saturated heterocycles. The van der Waals surface area contributed by atoms with E-state index in [4.69, 9.17) is 4.74 Å². The van der Waals surface area contributed by atoms with Crippen LogP contribution in [0.5, 0.6) is 5.75 Å². The number of anilines is 2. The molecule has 0 aliphatic carbocycles. The second-order valence-corrected chi connectivity index (χ2v) is 5.54. The average Bonchev–Trinajstić information content (AvgIpc) is 2.68. The van der Waals surface area contributed by atoms with Gasteiger partial charge in [-0.2, -0.15) is 0 Å². The Balaban J connectivity index is 1.77. The minimum Gasteiger partial charge on any atom is -0.495 e. The summed E-state index contributed by atoms with van der Waals surface area (Å²) in [5.41, 5.74) is 3.20. The van der Waals surface area contributed by atoms with Gasteiger partial charge in [0.1, 0.15) is 5.75 Å². The third-order valence-electron chi connectivity index (χ3n) is 3.84. The number of methoxy groups -OCH3 is 1. The minimum atomic E-state index is -0.123. The lowest BCUT2D eigenvalue weighted by molar-refractivity contribution is 0.0951. The number of carbonyl (C=O) groups is 1. The van der Waals surface area contributed by atoms with E-state index in [0.29, 0.717) is 12.1 Å². The van der Waals surface area contributed by atoms with E-state index in [-0.39, 0.29) is 5.91 Å². The first-order valence-electron chi connectivity index (χ1n) is 8.09. The Hall–Kier alpha value is -3.27. The highest BCUT2D eigenvalue weighted by atomic mass is 16.5. The number of rotatable bonds is 6. The molecule has 0 aliphatic rings. The second-order valence-electron chi connectivity index (χ2n) is 5.54. The van der Waals surface area contributed by atoms with Crippen molar-refractivity contribution in [1.82, 2.24) is 5.32 Å². The SMILES string of the molecule is COc1ccccc1Nc1ccccc1C(=O)NCc1ccccc1. The van der Waals surface area contributed by atoms with E-state index in [1.807, 2.05) is 72.8 Å². The van der Waals surface area contributed by atoms with Gasteiger partial charge in [0, 0.05) is 6.54 Å². The quantitative estimate of drug-likeness (QED) is 0.705. The predicted octanol–water partition coefficient (Wildman–Crippen LogP) is 4.37. The molecule has 3 rings (SSSR count). The standard InChI is InChI=1S/C21H20N2O2/c1-25-20-14-8-7-13-19(20)23-18-12-6-5-11-17(18)21(24)22-15-16-9-3-2-4-10-16/h2-14,23H,15H2,1H3,(H,22,24). The van der Waals surface area contributed by atoms with Crippen LogP contribution in [-0.2, 0) is 6.54 Å². The number of para-hydroxylation sites is 3. The van der Waals surface area contributed by atoms with Crippen molar-refractivity contribution < 1.29 is 9.53 Å². The molecule has 0 aliphatic heterocycles. The second kappa shape index (κ2) is 8.02. The van der Waals surface area contributed by atoms with Crippen LogP contribution in [0, 0.1) is 0 Å². The van der Waals surface area contributed by atoms with Crippen LogP contribution in [0.4, 0.5) is 11.4 Å². The molecule has 4 heteroatoms. The summed E-state index contributed by atoms with van der Waals surface area (Å²) >= 11 is 0. The molecule has 0 fully saturated rings. The molecular weight excluding hydrogens is 312 g/mol. The molecule has 2 N–H and O–H groups in total. The summed E-state index contributed by atoms with van der Waals surface area (Å²) < 4.78 is 5.36. The van der Waals surface area contributed by atoms with Crippen LogP contribution in [0.1, 0.15) is 15.9 Å². The molecule has 0 aromatic heterocycles. The van der Waals surface area contributed by atoms with Gasteiger partial charge in [0.2, 0.25) is 0 Å². The third-order valence-corrected chi connectivity index (χ3v) is 3.84. The van der Waals surface area contributed by atoms with Gasteiger partial charge in [-0.15, -0.1) is 0 Å². The van der Waals surface area contributed by atoms with E-state index in [1.165, 1.54) is 0 Å². The largest absolute Gasteiger partial charge is 0.495 e. The highest BCUT2D eigenvalue weighted by Crippen LogP contribution is 2.28. The zero-order valence-electron chi connectivity index (χ0n) is 14.0. The molecule has 0 saturated carbocycles. The van der Waals surface area contributed by atoms with Gasteiger partial charge in [0.05, 0.1) is 24.0 Å².